The quantitative estimate of drug-likeness (QED) is 0.213. The number of methoxy groups -OCH3 is 1. The number of carbonyl (C=O) groups is 3. The summed E-state index contributed by atoms with van der Waals surface area (Å²) in [5.41, 5.74) is 0.0305. The molecule has 2 heterocycles. The van der Waals surface area contributed by atoms with Crippen molar-refractivity contribution in [1.82, 2.24) is 20.9 Å². The number of nitrogens with zero attached hydrogens (tertiary/aromatic N) is 2. The Labute approximate surface area is 238 Å². The van der Waals surface area contributed by atoms with Gasteiger partial charge in [0.1, 0.15) is 23.0 Å². The van der Waals surface area contributed by atoms with Crippen LogP contribution in [0.15, 0.2) is 33.7 Å². The predicted octanol–water partition coefficient (Wildman–Crippen LogP) is 1.79. The average molecular weight is 638 g/mol. The van der Waals surface area contributed by atoms with E-state index in [0.29, 0.717) is 18.3 Å². The highest BCUT2D eigenvalue weighted by atomic mass is 79.9. The maximum absolute atomic E-state index is 12.7. The van der Waals surface area contributed by atoms with Crippen molar-refractivity contribution in [2.24, 2.45) is 4.99 Å². The number of rotatable bonds is 9. The number of aliphatic imine (C=N–C) groups is 1. The first-order valence-electron chi connectivity index (χ1n) is 11.2. The number of carboxylic acids is 1. The molecule has 16 heteroatoms. The van der Waals surface area contributed by atoms with E-state index in [1.165, 1.54) is 31.4 Å². The number of halogens is 3. The van der Waals surface area contributed by atoms with E-state index < -0.39 is 42.9 Å². The van der Waals surface area contributed by atoms with Crippen LogP contribution in [0.5, 0.6) is 11.5 Å². The fourth-order valence-corrected chi connectivity index (χ4v) is 4.14. The number of aliphatic hydroxyl groups excluding tert-OH is 1. The lowest BCUT2D eigenvalue weighted by atomic mass is 10.0. The number of guanidine groups is 1. The Bertz CT molecular complexity index is 1240. The third kappa shape index (κ3) is 9.53. The Kier molecular flexibility index (Phi) is 12.2. The normalized spacial score (nSPS) is 14.9. The first-order valence-corrected chi connectivity index (χ1v) is 12.0. The van der Waals surface area contributed by atoms with Crippen molar-refractivity contribution >= 4 is 57.1 Å². The van der Waals surface area contributed by atoms with E-state index >= 15 is 0 Å². The molecular weight excluding hydrogens is 607 g/mol. The van der Waals surface area contributed by atoms with Gasteiger partial charge < -0.3 is 41.3 Å². The molecule has 0 saturated carbocycles. The van der Waals surface area contributed by atoms with Crippen LogP contribution < -0.4 is 26.0 Å². The molecule has 39 heavy (non-hydrogen) atoms. The van der Waals surface area contributed by atoms with Gasteiger partial charge in [-0.05, 0) is 28.1 Å². The second-order valence-corrected chi connectivity index (χ2v) is 9.14. The van der Waals surface area contributed by atoms with Crippen molar-refractivity contribution in [3.63, 3.8) is 0 Å². The SMILES string of the molecule is C.COc1cc(NC2=NCC(O)CN2)nc(C(=O)NCC(=O)N[C@@H](CC(=O)O)c2cc(Cl)cc(Br)c2O)c1.[3H]F. The Morgan fingerprint density at radius 3 is 2.67 bits per heavy atom. The highest BCUT2D eigenvalue weighted by Gasteiger charge is 2.23. The molecule has 7 N–H and O–H groups in total. The number of carboxylic acid groups (broad SMARTS) is 1. The van der Waals surface area contributed by atoms with E-state index in [1.807, 2.05) is 0 Å². The van der Waals surface area contributed by atoms with Crippen LogP contribution in [0.4, 0.5) is 10.5 Å². The summed E-state index contributed by atoms with van der Waals surface area (Å²) in [5.74, 6) is -2.00. The second kappa shape index (κ2) is 15.0. The zero-order valence-electron chi connectivity index (χ0n) is 20.8. The molecule has 1 aliphatic rings. The number of ether oxygens (including phenoxy) is 1. The van der Waals surface area contributed by atoms with Crippen molar-refractivity contribution in [2.45, 2.75) is 26.0 Å². The molecule has 2 amide bonds. The summed E-state index contributed by atoms with van der Waals surface area (Å²) in [7, 11) is 1.41. The summed E-state index contributed by atoms with van der Waals surface area (Å²) in [6.45, 7) is -0.00909. The standard InChI is InChI=1S/C22H24BrClN6O7.CH4.FH/c1-37-12-4-16(28-17(5-12)30-22-26-7-11(31)8-27-22)21(36)25-9-18(32)29-15(6-19(33)34)13-2-10(24)3-14(23)20(13)35;;/h2-5,11,15,31,35H,6-9H2,1H3,(H,25,36)(H,29,32)(H,33,34)(H2,26,27,28,30);1H4;1H/t15-;;/m0../s1/i/hT. The Morgan fingerprint density at radius 2 is 2.05 bits per heavy atom. The zero-order valence-corrected chi connectivity index (χ0v) is 22.1. The van der Waals surface area contributed by atoms with Crippen molar-refractivity contribution in [3.8, 4) is 11.5 Å². The van der Waals surface area contributed by atoms with E-state index in [0.717, 1.165) is 0 Å². The van der Waals surface area contributed by atoms with E-state index in [9.17, 15) is 29.7 Å². The summed E-state index contributed by atoms with van der Waals surface area (Å²) < 4.78 is 18.4. The molecule has 3 rings (SSSR count). The Balaban J connectivity index is 0.00000261. The van der Waals surface area contributed by atoms with Gasteiger partial charge in [0, 0.05) is 29.3 Å². The monoisotopic (exact) mass is 636 g/mol. The molecule has 0 bridgehead atoms. The molecule has 0 fully saturated rings. The number of hydrogen-bond acceptors (Lipinski definition) is 10. The molecule has 13 nitrogen and oxygen atoms in total. The molecule has 2 aromatic rings. The smallest absolute Gasteiger partial charge is 0.305 e. The van der Waals surface area contributed by atoms with Crippen LogP contribution in [-0.4, -0.2) is 78.3 Å². The number of nitrogens with one attached hydrogen (secondary N) is 4. The highest BCUT2D eigenvalue weighted by molar-refractivity contribution is 9.10. The predicted molar refractivity (Wildman–Crippen MR) is 146 cm³/mol. The van der Waals surface area contributed by atoms with Gasteiger partial charge in [-0.1, -0.05) is 19.0 Å². The van der Waals surface area contributed by atoms with Gasteiger partial charge in [0.25, 0.3) is 7.36 Å². The first kappa shape index (κ1) is 31.5. The van der Waals surface area contributed by atoms with E-state index in [2.05, 4.69) is 48.6 Å². The number of carbonyl (C=O) groups excluding carboxylic acids is 2. The molecule has 0 spiro atoms. The van der Waals surface area contributed by atoms with Gasteiger partial charge >= 0.3 is 5.97 Å². The zero-order chi connectivity index (χ0) is 29.1. The van der Waals surface area contributed by atoms with Crippen LogP contribution in [0.2, 0.25) is 5.02 Å². The van der Waals surface area contributed by atoms with Gasteiger partial charge in [0.2, 0.25) is 5.91 Å². The first-order chi connectivity index (χ1) is 18.5. The summed E-state index contributed by atoms with van der Waals surface area (Å²) >= 11 is 9.14. The Hall–Kier alpha value is -3.69. The number of aromatic nitrogens is 1. The van der Waals surface area contributed by atoms with Crippen molar-refractivity contribution in [3.05, 3.63) is 45.0 Å². The number of pyridine rings is 1. The minimum absolute atomic E-state index is 0. The fourth-order valence-electron chi connectivity index (χ4n) is 3.30. The van der Waals surface area contributed by atoms with E-state index in [1.54, 1.807) is 0 Å². The molecule has 0 aliphatic carbocycles. The van der Waals surface area contributed by atoms with E-state index in [-0.39, 0.29) is 46.3 Å². The van der Waals surface area contributed by atoms with Crippen LogP contribution in [0.25, 0.3) is 0 Å². The van der Waals surface area contributed by atoms with Crippen LogP contribution in [0.1, 0.15) is 35.9 Å². The van der Waals surface area contributed by atoms with Gasteiger partial charge in [0.15, 0.2) is 5.96 Å². The van der Waals surface area contributed by atoms with Crippen LogP contribution >= 0.6 is 27.5 Å². The minimum atomic E-state index is -1.22. The molecular formula is C23H29BrClFN6O7. The molecule has 0 radical (unpaired) electrons. The number of amides is 2. The van der Waals surface area contributed by atoms with Gasteiger partial charge in [-0.2, -0.15) is 0 Å². The van der Waals surface area contributed by atoms with Crippen LogP contribution in [-0.2, 0) is 9.59 Å². The number of aromatic hydroxyl groups is 1. The van der Waals surface area contributed by atoms with Gasteiger partial charge in [-0.3, -0.25) is 24.1 Å². The van der Waals surface area contributed by atoms with Gasteiger partial charge in [0.05, 0.1) is 43.2 Å². The third-order valence-corrected chi connectivity index (χ3v) is 5.86. The molecule has 214 valence electrons. The maximum Gasteiger partial charge on any atom is 0.305 e. The fraction of sp³-hybridized carbons (Fsp3) is 0.348. The van der Waals surface area contributed by atoms with E-state index in [4.69, 9.17) is 21.1 Å². The van der Waals surface area contributed by atoms with Crippen LogP contribution in [0, 0.1) is 0 Å². The number of aliphatic hydroxyl groups is 1. The number of phenolic OH excluding ortho intramolecular Hbond substituents is 1. The second-order valence-electron chi connectivity index (χ2n) is 7.85. The lowest BCUT2D eigenvalue weighted by Gasteiger charge is -2.20. The number of hydrogen-bond donors (Lipinski definition) is 7. The number of benzene rings is 1. The number of β-amino-alcohol motifs (C(OH)–C–C–N with tert-alkyl or cyclic N) is 1. The number of anilines is 1. The van der Waals surface area contributed by atoms with Gasteiger partial charge in [-0.25, -0.2) is 4.98 Å². The third-order valence-electron chi connectivity index (χ3n) is 5.04. The molecule has 2 atom stereocenters. The van der Waals surface area contributed by atoms with Gasteiger partial charge in [-0.15, -0.1) is 0 Å². The molecule has 1 unspecified atom stereocenters. The molecule has 1 aromatic carbocycles. The number of aliphatic carboxylic acids is 1. The summed E-state index contributed by atoms with van der Waals surface area (Å²) in [6.07, 6.45) is -1.14. The summed E-state index contributed by atoms with van der Waals surface area (Å²) in [4.78, 5) is 44.9. The molecule has 1 aliphatic heterocycles. The largest absolute Gasteiger partial charge is 0.506 e. The van der Waals surface area contributed by atoms with Crippen molar-refractivity contribution < 1.29 is 39.2 Å². The van der Waals surface area contributed by atoms with Crippen molar-refractivity contribution in [2.75, 3.05) is 32.1 Å². The molecule has 0 saturated heterocycles. The highest BCUT2D eigenvalue weighted by Crippen LogP contribution is 2.36. The average Bonchev–Trinajstić information content (AvgIpc) is 2.91. The summed E-state index contributed by atoms with van der Waals surface area (Å²) in [5, 5.41) is 40.0. The lowest BCUT2D eigenvalue weighted by molar-refractivity contribution is -0.137. The van der Waals surface area contributed by atoms with Crippen LogP contribution in [0.3, 0.4) is 0 Å². The minimum Gasteiger partial charge on any atom is -0.506 e. The lowest BCUT2D eigenvalue weighted by Crippen LogP contribution is -2.42. The van der Waals surface area contributed by atoms with Crippen molar-refractivity contribution in [1.29, 1.82) is 1.45 Å². The Morgan fingerprint density at radius 1 is 1.33 bits per heavy atom. The number of phenols is 1. The topological polar surface area (TPSA) is 194 Å². The maximum atomic E-state index is 12.7. The summed E-state index contributed by atoms with van der Waals surface area (Å²) in [6, 6.07) is 4.54. The molecule has 1 aromatic heterocycles.